The molecule has 2 fully saturated rings. The van der Waals surface area contributed by atoms with E-state index in [4.69, 9.17) is 15.2 Å². The van der Waals surface area contributed by atoms with Crippen molar-refractivity contribution in [1.82, 2.24) is 10.2 Å². The molecule has 1 aromatic rings. The van der Waals surface area contributed by atoms with Crippen molar-refractivity contribution < 1.29 is 14.3 Å². The van der Waals surface area contributed by atoms with Crippen LogP contribution in [-0.4, -0.2) is 56.2 Å². The number of carbonyl (C=O) groups excluding carboxylic acids is 1. The van der Waals surface area contributed by atoms with Crippen LogP contribution < -0.4 is 15.8 Å². The Morgan fingerprint density at radius 1 is 1.24 bits per heavy atom. The van der Waals surface area contributed by atoms with Gasteiger partial charge in [-0.25, -0.2) is 0 Å². The van der Waals surface area contributed by atoms with Gasteiger partial charge in [0.05, 0.1) is 6.10 Å². The minimum atomic E-state index is -0.482. The Morgan fingerprint density at radius 2 is 2.00 bits per heavy atom. The Bertz CT molecular complexity index is 680. The molecule has 0 radical (unpaired) electrons. The first-order valence-electron chi connectivity index (χ1n) is 10.7. The lowest BCUT2D eigenvalue weighted by Gasteiger charge is -2.34. The number of nitrogens with two attached hydrogens (primary N) is 1. The Balaban J connectivity index is 1.41. The van der Waals surface area contributed by atoms with Gasteiger partial charge in [0.1, 0.15) is 5.75 Å². The van der Waals surface area contributed by atoms with Crippen molar-refractivity contribution in [2.45, 2.75) is 51.2 Å². The van der Waals surface area contributed by atoms with Crippen LogP contribution in [0.15, 0.2) is 29.3 Å². The predicted octanol–water partition coefficient (Wildman–Crippen LogP) is 2.30. The van der Waals surface area contributed by atoms with Gasteiger partial charge in [-0.1, -0.05) is 25.0 Å². The summed E-state index contributed by atoms with van der Waals surface area (Å²) in [7, 11) is 1.82. The Morgan fingerprint density at radius 3 is 2.69 bits per heavy atom. The highest BCUT2D eigenvalue weighted by molar-refractivity contribution is 5.80. The molecule has 1 aliphatic heterocycles. The highest BCUT2D eigenvalue weighted by Gasteiger charge is 2.23. The van der Waals surface area contributed by atoms with E-state index >= 15 is 0 Å². The van der Waals surface area contributed by atoms with E-state index in [9.17, 15) is 4.79 Å². The van der Waals surface area contributed by atoms with E-state index in [1.807, 2.05) is 31.3 Å². The lowest BCUT2D eigenvalue weighted by atomic mass is 10.1. The summed E-state index contributed by atoms with van der Waals surface area (Å²) in [5, 5.41) is 3.43. The van der Waals surface area contributed by atoms with Crippen LogP contribution in [0.1, 0.15) is 44.1 Å². The summed E-state index contributed by atoms with van der Waals surface area (Å²) in [5.74, 6) is 1.84. The molecule has 1 saturated carbocycles. The minimum absolute atomic E-state index is 0.115. The zero-order valence-corrected chi connectivity index (χ0v) is 17.4. The van der Waals surface area contributed by atoms with Gasteiger partial charge in [-0.05, 0) is 49.3 Å². The first kappa shape index (κ1) is 21.4. The molecule has 29 heavy (non-hydrogen) atoms. The van der Waals surface area contributed by atoms with E-state index in [1.165, 1.54) is 25.7 Å². The largest absolute Gasteiger partial charge is 0.484 e. The molecule has 160 valence electrons. The minimum Gasteiger partial charge on any atom is -0.484 e. The van der Waals surface area contributed by atoms with E-state index in [0.29, 0.717) is 18.4 Å². The van der Waals surface area contributed by atoms with Crippen molar-refractivity contribution in [2.24, 2.45) is 16.6 Å². The van der Waals surface area contributed by atoms with Gasteiger partial charge in [-0.15, -0.1) is 0 Å². The van der Waals surface area contributed by atoms with Crippen molar-refractivity contribution in [2.75, 3.05) is 33.4 Å². The fraction of sp³-hybridized carbons (Fsp3) is 0.636. The molecule has 3 N–H and O–H groups in total. The number of guanidine groups is 1. The van der Waals surface area contributed by atoms with Crippen LogP contribution in [0.25, 0.3) is 0 Å². The number of piperidine rings is 1. The summed E-state index contributed by atoms with van der Waals surface area (Å²) in [4.78, 5) is 17.6. The van der Waals surface area contributed by atoms with Gasteiger partial charge >= 0.3 is 0 Å². The van der Waals surface area contributed by atoms with Crippen molar-refractivity contribution in [3.8, 4) is 5.75 Å². The smallest absolute Gasteiger partial charge is 0.255 e. The zero-order valence-electron chi connectivity index (χ0n) is 17.4. The highest BCUT2D eigenvalue weighted by atomic mass is 16.5. The summed E-state index contributed by atoms with van der Waals surface area (Å²) in [6.07, 6.45) is 7.88. The van der Waals surface area contributed by atoms with Gasteiger partial charge < -0.3 is 25.4 Å². The van der Waals surface area contributed by atoms with E-state index in [2.05, 4.69) is 15.2 Å². The normalized spacial score (nSPS) is 18.8. The Hall–Kier alpha value is -2.28. The third kappa shape index (κ3) is 6.92. The Kier molecular flexibility index (Phi) is 8.16. The number of nitrogens with one attached hydrogen (secondary N) is 1. The number of ether oxygens (including phenoxy) is 2. The van der Waals surface area contributed by atoms with Gasteiger partial charge in [0.2, 0.25) is 0 Å². The molecule has 0 spiro atoms. The maximum atomic E-state index is 10.9. The summed E-state index contributed by atoms with van der Waals surface area (Å²) in [5.41, 5.74) is 6.19. The number of hydrogen-bond donors (Lipinski definition) is 2. The van der Waals surface area contributed by atoms with Crippen LogP contribution in [-0.2, 0) is 16.1 Å². The fourth-order valence-corrected chi connectivity index (χ4v) is 4.10. The lowest BCUT2D eigenvalue weighted by Crippen LogP contribution is -2.46. The Labute approximate surface area is 173 Å². The van der Waals surface area contributed by atoms with Gasteiger partial charge in [-0.2, -0.15) is 0 Å². The quantitative estimate of drug-likeness (QED) is 0.514. The molecule has 0 atom stereocenters. The first-order valence-corrected chi connectivity index (χ1v) is 10.7. The van der Waals surface area contributed by atoms with Gasteiger partial charge in [0.15, 0.2) is 12.6 Å². The number of nitrogens with zero attached hydrogens (tertiary/aromatic N) is 2. The fourth-order valence-electron chi connectivity index (χ4n) is 4.10. The number of primary amides is 1. The second-order valence-electron chi connectivity index (χ2n) is 7.97. The predicted molar refractivity (Wildman–Crippen MR) is 114 cm³/mol. The summed E-state index contributed by atoms with van der Waals surface area (Å²) in [6, 6.07) is 7.65. The molecule has 3 rings (SSSR count). The van der Waals surface area contributed by atoms with Crippen LogP contribution >= 0.6 is 0 Å². The topological polar surface area (TPSA) is 89.2 Å². The molecule has 0 bridgehead atoms. The number of carbonyl (C=O) groups is 1. The second-order valence-corrected chi connectivity index (χ2v) is 7.97. The molecule has 1 amide bonds. The van der Waals surface area contributed by atoms with Gasteiger partial charge in [0.25, 0.3) is 5.91 Å². The molecule has 0 aromatic heterocycles. The molecule has 2 aliphatic rings. The average Bonchev–Trinajstić information content (AvgIpc) is 3.26. The van der Waals surface area contributed by atoms with E-state index in [0.717, 1.165) is 50.0 Å². The highest BCUT2D eigenvalue weighted by Crippen LogP contribution is 2.26. The molecule has 1 saturated heterocycles. The third-order valence-electron chi connectivity index (χ3n) is 5.73. The average molecular weight is 403 g/mol. The second kappa shape index (κ2) is 11.0. The number of hydrogen-bond acceptors (Lipinski definition) is 4. The molecule has 1 heterocycles. The number of benzene rings is 1. The maximum Gasteiger partial charge on any atom is 0.255 e. The summed E-state index contributed by atoms with van der Waals surface area (Å²) in [6.45, 7) is 3.37. The van der Waals surface area contributed by atoms with Crippen molar-refractivity contribution in [3.63, 3.8) is 0 Å². The van der Waals surface area contributed by atoms with Crippen LogP contribution in [0.2, 0.25) is 0 Å². The van der Waals surface area contributed by atoms with E-state index in [-0.39, 0.29) is 6.61 Å². The van der Waals surface area contributed by atoms with Crippen LogP contribution in [0.3, 0.4) is 0 Å². The van der Waals surface area contributed by atoms with Gasteiger partial charge in [-0.3, -0.25) is 9.79 Å². The third-order valence-corrected chi connectivity index (χ3v) is 5.73. The molecular weight excluding hydrogens is 368 g/mol. The standard InChI is InChI=1S/C22H34N4O3/c1-24-22(25-14-18-7-4-8-20(13-18)29-16-21(23)27)26-11-9-19(10-12-26)28-15-17-5-2-3-6-17/h4,7-8,13,17,19H,2-3,5-6,9-12,14-16H2,1H3,(H2,23,27)(H,24,25). The lowest BCUT2D eigenvalue weighted by molar-refractivity contribution is -0.119. The van der Waals surface area contributed by atoms with Crippen molar-refractivity contribution >= 4 is 11.9 Å². The molecule has 1 aromatic carbocycles. The number of amides is 1. The SMILES string of the molecule is CN=C(NCc1cccc(OCC(N)=O)c1)N1CCC(OCC2CCCC2)CC1. The maximum absolute atomic E-state index is 10.9. The monoisotopic (exact) mass is 402 g/mol. The first-order chi connectivity index (χ1) is 14.1. The van der Waals surface area contributed by atoms with E-state index < -0.39 is 5.91 Å². The van der Waals surface area contributed by atoms with Gasteiger partial charge in [0, 0.05) is 33.3 Å². The molecule has 7 nitrogen and oxygen atoms in total. The summed E-state index contributed by atoms with van der Waals surface area (Å²) >= 11 is 0. The van der Waals surface area contributed by atoms with Crippen LogP contribution in [0.4, 0.5) is 0 Å². The number of rotatable bonds is 8. The number of likely N-dealkylation sites (tertiary alicyclic amines) is 1. The van der Waals surface area contributed by atoms with Crippen molar-refractivity contribution in [3.05, 3.63) is 29.8 Å². The molecule has 0 unspecified atom stereocenters. The van der Waals surface area contributed by atoms with Crippen LogP contribution in [0, 0.1) is 5.92 Å². The molecule has 1 aliphatic carbocycles. The summed E-state index contributed by atoms with van der Waals surface area (Å²) < 4.78 is 11.5. The van der Waals surface area contributed by atoms with E-state index in [1.54, 1.807) is 0 Å². The zero-order chi connectivity index (χ0) is 20.5. The molecule has 7 heteroatoms. The van der Waals surface area contributed by atoms with Crippen molar-refractivity contribution in [1.29, 1.82) is 0 Å². The van der Waals surface area contributed by atoms with Crippen LogP contribution in [0.5, 0.6) is 5.75 Å². The molecular formula is C22H34N4O3. The number of aliphatic imine (C=N–C) groups is 1.